The lowest BCUT2D eigenvalue weighted by molar-refractivity contribution is 0.00200. The molecular formula is C28H30O4. The Labute approximate surface area is 190 Å². The van der Waals surface area contributed by atoms with E-state index in [4.69, 9.17) is 9.47 Å². The highest BCUT2D eigenvalue weighted by Crippen LogP contribution is 2.36. The predicted molar refractivity (Wildman–Crippen MR) is 128 cm³/mol. The second-order valence-electron chi connectivity index (χ2n) is 9.65. The highest BCUT2D eigenvalue weighted by Gasteiger charge is 2.31. The van der Waals surface area contributed by atoms with Crippen LogP contribution < -0.4 is 0 Å². The molecule has 0 unspecified atom stereocenters. The van der Waals surface area contributed by atoms with Crippen LogP contribution in [0.1, 0.15) is 62.3 Å². The zero-order chi connectivity index (χ0) is 23.5. The third-order valence-electron chi connectivity index (χ3n) is 4.58. The van der Waals surface area contributed by atoms with Crippen LogP contribution in [0.25, 0.3) is 22.3 Å². The van der Waals surface area contributed by atoms with Crippen LogP contribution in [0.3, 0.4) is 0 Å². The van der Waals surface area contributed by atoms with Gasteiger partial charge in [0.2, 0.25) is 0 Å². The molecular weight excluding hydrogens is 400 g/mol. The van der Waals surface area contributed by atoms with Crippen molar-refractivity contribution in [2.24, 2.45) is 0 Å². The van der Waals surface area contributed by atoms with Crippen molar-refractivity contribution in [3.63, 3.8) is 0 Å². The van der Waals surface area contributed by atoms with E-state index in [9.17, 15) is 9.59 Å². The number of benzene rings is 3. The van der Waals surface area contributed by atoms with E-state index in [1.807, 2.05) is 72.8 Å². The Morgan fingerprint density at radius 1 is 0.531 bits per heavy atom. The van der Waals surface area contributed by atoms with Gasteiger partial charge in [-0.25, -0.2) is 9.59 Å². The summed E-state index contributed by atoms with van der Waals surface area (Å²) in [7, 11) is 0. The Bertz CT molecular complexity index is 1010. The maximum Gasteiger partial charge on any atom is 0.340 e. The van der Waals surface area contributed by atoms with Gasteiger partial charge in [-0.15, -0.1) is 0 Å². The molecule has 3 rings (SSSR count). The highest BCUT2D eigenvalue weighted by molar-refractivity contribution is 6.12. The average Bonchev–Trinajstić information content (AvgIpc) is 2.71. The Morgan fingerprint density at radius 3 is 1.12 bits per heavy atom. The molecule has 0 fully saturated rings. The first-order valence-electron chi connectivity index (χ1n) is 10.7. The van der Waals surface area contributed by atoms with Crippen molar-refractivity contribution in [2.45, 2.75) is 52.7 Å². The van der Waals surface area contributed by atoms with Crippen molar-refractivity contribution < 1.29 is 19.1 Å². The van der Waals surface area contributed by atoms with Gasteiger partial charge in [-0.2, -0.15) is 0 Å². The van der Waals surface area contributed by atoms with Crippen LogP contribution in [0, 0.1) is 0 Å². The first-order valence-corrected chi connectivity index (χ1v) is 10.7. The van der Waals surface area contributed by atoms with E-state index in [0.29, 0.717) is 11.1 Å². The number of hydrogen-bond acceptors (Lipinski definition) is 4. The lowest BCUT2D eigenvalue weighted by Crippen LogP contribution is -2.29. The number of carbonyl (C=O) groups excluding carboxylic acids is 2. The van der Waals surface area contributed by atoms with Crippen LogP contribution in [-0.2, 0) is 9.47 Å². The predicted octanol–water partition coefficient (Wildman–Crippen LogP) is 6.93. The molecule has 3 aromatic rings. The SMILES string of the molecule is CC(C)(C)OC(=O)c1c(-c2ccccc2)ccc(-c2ccccc2)c1C(=O)OC(C)(C)C. The number of ether oxygens (including phenoxy) is 2. The van der Waals surface area contributed by atoms with Gasteiger partial charge < -0.3 is 9.47 Å². The lowest BCUT2D eigenvalue weighted by atomic mass is 9.88. The first-order chi connectivity index (χ1) is 15.0. The van der Waals surface area contributed by atoms with E-state index in [1.54, 1.807) is 41.5 Å². The summed E-state index contributed by atoms with van der Waals surface area (Å²) in [5, 5.41) is 0. The second-order valence-corrected chi connectivity index (χ2v) is 9.65. The third-order valence-corrected chi connectivity index (χ3v) is 4.58. The average molecular weight is 431 g/mol. The molecule has 0 atom stereocenters. The van der Waals surface area contributed by atoms with Gasteiger partial charge in [0.25, 0.3) is 0 Å². The molecule has 32 heavy (non-hydrogen) atoms. The largest absolute Gasteiger partial charge is 0.456 e. The van der Waals surface area contributed by atoms with Crippen LogP contribution in [-0.4, -0.2) is 23.1 Å². The topological polar surface area (TPSA) is 52.6 Å². The molecule has 0 saturated heterocycles. The standard InChI is InChI=1S/C28H30O4/c1-27(2,3)31-25(29)23-21(19-13-9-7-10-14-19)17-18-22(20-15-11-8-12-16-20)24(23)26(30)32-28(4,5)6/h7-18H,1-6H3. The lowest BCUT2D eigenvalue weighted by Gasteiger charge is -2.25. The minimum Gasteiger partial charge on any atom is -0.456 e. The second kappa shape index (κ2) is 8.99. The zero-order valence-electron chi connectivity index (χ0n) is 19.6. The van der Waals surface area contributed by atoms with Crippen LogP contribution in [0.4, 0.5) is 0 Å². The summed E-state index contributed by atoms with van der Waals surface area (Å²) in [6, 6.07) is 22.8. The summed E-state index contributed by atoms with van der Waals surface area (Å²) in [6.07, 6.45) is 0. The van der Waals surface area contributed by atoms with Gasteiger partial charge in [-0.1, -0.05) is 72.8 Å². The Kier molecular flexibility index (Phi) is 6.54. The van der Waals surface area contributed by atoms with Crippen LogP contribution in [0.15, 0.2) is 72.8 Å². The number of rotatable bonds is 4. The zero-order valence-corrected chi connectivity index (χ0v) is 19.6. The molecule has 0 spiro atoms. The van der Waals surface area contributed by atoms with Gasteiger partial charge in [0.1, 0.15) is 11.2 Å². The van der Waals surface area contributed by atoms with Crippen molar-refractivity contribution in [1.29, 1.82) is 0 Å². The van der Waals surface area contributed by atoms with Crippen LogP contribution >= 0.6 is 0 Å². The van der Waals surface area contributed by atoms with Crippen LogP contribution in [0.2, 0.25) is 0 Å². The molecule has 0 radical (unpaired) electrons. The van der Waals surface area contributed by atoms with E-state index in [0.717, 1.165) is 11.1 Å². The van der Waals surface area contributed by atoms with Crippen molar-refractivity contribution in [3.8, 4) is 22.3 Å². The van der Waals surface area contributed by atoms with E-state index in [2.05, 4.69) is 0 Å². The summed E-state index contributed by atoms with van der Waals surface area (Å²) in [5.41, 5.74) is 1.86. The van der Waals surface area contributed by atoms with Crippen molar-refractivity contribution in [1.82, 2.24) is 0 Å². The number of hydrogen-bond donors (Lipinski definition) is 0. The maximum atomic E-state index is 13.5. The summed E-state index contributed by atoms with van der Waals surface area (Å²) >= 11 is 0. The first kappa shape index (κ1) is 23.3. The molecule has 0 N–H and O–H groups in total. The molecule has 0 amide bonds. The fraction of sp³-hybridized carbons (Fsp3) is 0.286. The normalized spacial score (nSPS) is 11.7. The van der Waals surface area contributed by atoms with E-state index < -0.39 is 23.1 Å². The van der Waals surface area contributed by atoms with Gasteiger partial charge in [-0.3, -0.25) is 0 Å². The van der Waals surface area contributed by atoms with Crippen molar-refractivity contribution in [3.05, 3.63) is 83.9 Å². The maximum absolute atomic E-state index is 13.5. The van der Waals surface area contributed by atoms with Crippen LogP contribution in [0.5, 0.6) is 0 Å². The van der Waals surface area contributed by atoms with Gasteiger partial charge in [-0.05, 0) is 63.8 Å². The molecule has 0 aromatic heterocycles. The third kappa shape index (κ3) is 5.64. The summed E-state index contributed by atoms with van der Waals surface area (Å²) in [5.74, 6) is -1.12. The molecule has 0 aliphatic carbocycles. The molecule has 0 aliphatic rings. The minimum atomic E-state index is -0.723. The monoisotopic (exact) mass is 430 g/mol. The molecule has 0 bridgehead atoms. The molecule has 0 aliphatic heterocycles. The van der Waals surface area contributed by atoms with E-state index in [-0.39, 0.29) is 11.1 Å². The molecule has 3 aromatic carbocycles. The fourth-order valence-electron chi connectivity index (χ4n) is 3.40. The molecule has 0 heterocycles. The summed E-state index contributed by atoms with van der Waals surface area (Å²) in [6.45, 7) is 10.8. The molecule has 166 valence electrons. The van der Waals surface area contributed by atoms with Gasteiger partial charge in [0.05, 0.1) is 11.1 Å². The Morgan fingerprint density at radius 2 is 0.844 bits per heavy atom. The van der Waals surface area contributed by atoms with E-state index >= 15 is 0 Å². The van der Waals surface area contributed by atoms with Crippen molar-refractivity contribution in [2.75, 3.05) is 0 Å². The smallest absolute Gasteiger partial charge is 0.340 e. The van der Waals surface area contributed by atoms with Gasteiger partial charge in [0.15, 0.2) is 0 Å². The highest BCUT2D eigenvalue weighted by atomic mass is 16.6. The summed E-state index contributed by atoms with van der Waals surface area (Å²) in [4.78, 5) is 27.0. The fourth-order valence-corrected chi connectivity index (χ4v) is 3.40. The Balaban J connectivity index is 2.35. The van der Waals surface area contributed by atoms with Gasteiger partial charge in [0, 0.05) is 0 Å². The van der Waals surface area contributed by atoms with Crippen molar-refractivity contribution >= 4 is 11.9 Å². The molecule has 4 heteroatoms. The number of esters is 2. The van der Waals surface area contributed by atoms with Gasteiger partial charge >= 0.3 is 11.9 Å². The quantitative estimate of drug-likeness (QED) is 0.421. The van der Waals surface area contributed by atoms with E-state index in [1.165, 1.54) is 0 Å². The summed E-state index contributed by atoms with van der Waals surface area (Å²) < 4.78 is 11.5. The Hall–Kier alpha value is -3.40. The minimum absolute atomic E-state index is 0.210. The molecule has 0 saturated carbocycles. The number of carbonyl (C=O) groups is 2. The molecule has 4 nitrogen and oxygen atoms in total.